The highest BCUT2D eigenvalue weighted by atomic mass is 32.2. The van der Waals surface area contributed by atoms with Crippen LogP contribution in [0.25, 0.3) is 10.8 Å². The number of aromatic nitrogens is 1. The number of ether oxygens (including phenoxy) is 1. The minimum atomic E-state index is -3.90. The smallest absolute Gasteiger partial charge is 0.407 e. The predicted octanol–water partition coefficient (Wildman–Crippen LogP) is 0.924. The molecule has 1 aliphatic rings. The summed E-state index contributed by atoms with van der Waals surface area (Å²) in [5, 5.41) is 12.4. The summed E-state index contributed by atoms with van der Waals surface area (Å²) in [4.78, 5) is 40.7. The molecule has 0 aliphatic carbocycles. The van der Waals surface area contributed by atoms with E-state index >= 15 is 0 Å². The molecule has 12 nitrogen and oxygen atoms in total. The third-order valence-electron chi connectivity index (χ3n) is 4.89. The molecule has 1 amide bonds. The molecule has 1 aliphatic heterocycles. The number of hydrogen-bond acceptors (Lipinski definition) is 8. The second-order valence-corrected chi connectivity index (χ2v) is 8.93. The number of nitrogens with zero attached hydrogens (tertiary/aromatic N) is 2. The topological polar surface area (TPSA) is 161 Å². The quantitative estimate of drug-likeness (QED) is 0.338. The third kappa shape index (κ3) is 5.11. The van der Waals surface area contributed by atoms with Crippen LogP contribution in [0.5, 0.6) is 0 Å². The number of pyridine rings is 1. The van der Waals surface area contributed by atoms with Gasteiger partial charge in [-0.15, -0.1) is 10.1 Å². The number of nitrogens with one attached hydrogen (secondary N) is 2. The standard InChI is InChI=1S/C18H22N4O8S/c1-12-10-19-17(23)14-4-2-5-15(16(12)14)31(27,28)21-7-6-13(11-21)20-18(24)29-8-3-9-30-22(25)26/h2,4-5,10,13H,3,6-9,11H2,1H3,(H,19,23)(H,20,24)/t13-/m0/s1. The fourth-order valence-corrected chi connectivity index (χ4v) is 5.22. The number of hydrogen-bond donors (Lipinski definition) is 2. The summed E-state index contributed by atoms with van der Waals surface area (Å²) in [6, 6.07) is 4.11. The van der Waals surface area contributed by atoms with Crippen molar-refractivity contribution >= 4 is 26.9 Å². The third-order valence-corrected chi connectivity index (χ3v) is 6.80. The van der Waals surface area contributed by atoms with E-state index < -0.39 is 27.2 Å². The molecule has 2 N–H and O–H groups in total. The van der Waals surface area contributed by atoms with Crippen LogP contribution in [0.4, 0.5) is 4.79 Å². The minimum absolute atomic E-state index is 0.0441. The number of rotatable bonds is 8. The second-order valence-electron chi connectivity index (χ2n) is 7.02. The lowest BCUT2D eigenvalue weighted by molar-refractivity contribution is -0.757. The lowest BCUT2D eigenvalue weighted by Crippen LogP contribution is -2.39. The zero-order chi connectivity index (χ0) is 22.6. The van der Waals surface area contributed by atoms with Crippen LogP contribution < -0.4 is 10.9 Å². The highest BCUT2D eigenvalue weighted by Crippen LogP contribution is 2.28. The molecule has 2 heterocycles. The Labute approximate surface area is 177 Å². The maximum atomic E-state index is 13.2. The van der Waals surface area contributed by atoms with Crippen molar-refractivity contribution < 1.29 is 27.9 Å². The Balaban J connectivity index is 1.64. The van der Waals surface area contributed by atoms with Crippen molar-refractivity contribution in [1.29, 1.82) is 0 Å². The van der Waals surface area contributed by atoms with Crippen LogP contribution in [0.15, 0.2) is 34.1 Å². The van der Waals surface area contributed by atoms with E-state index in [9.17, 15) is 28.1 Å². The van der Waals surface area contributed by atoms with Gasteiger partial charge in [-0.05, 0) is 31.0 Å². The maximum Gasteiger partial charge on any atom is 0.407 e. The van der Waals surface area contributed by atoms with E-state index in [2.05, 4.69) is 15.1 Å². The number of carbonyl (C=O) groups excluding carboxylic acids is 1. The van der Waals surface area contributed by atoms with Crippen LogP contribution in [-0.4, -0.2) is 61.2 Å². The summed E-state index contributed by atoms with van der Waals surface area (Å²) in [7, 11) is -3.90. The van der Waals surface area contributed by atoms with Crippen LogP contribution in [0, 0.1) is 17.0 Å². The molecule has 0 spiro atoms. The molecule has 0 saturated carbocycles. The van der Waals surface area contributed by atoms with Gasteiger partial charge in [0.15, 0.2) is 0 Å². The molecule has 1 atom stereocenters. The Morgan fingerprint density at radius 2 is 2.16 bits per heavy atom. The summed E-state index contributed by atoms with van der Waals surface area (Å²) >= 11 is 0. The fraction of sp³-hybridized carbons (Fsp3) is 0.444. The number of benzene rings is 1. The van der Waals surface area contributed by atoms with E-state index in [1.165, 1.54) is 22.6 Å². The first kappa shape index (κ1) is 22.5. The molecule has 3 rings (SSSR count). The summed E-state index contributed by atoms with van der Waals surface area (Å²) < 4.78 is 32.7. The summed E-state index contributed by atoms with van der Waals surface area (Å²) in [5.41, 5.74) is 0.261. The van der Waals surface area contributed by atoms with Gasteiger partial charge in [-0.3, -0.25) is 4.79 Å². The zero-order valence-corrected chi connectivity index (χ0v) is 17.5. The van der Waals surface area contributed by atoms with Gasteiger partial charge in [0, 0.05) is 42.5 Å². The molecule has 0 unspecified atom stereocenters. The number of alkyl carbamates (subject to hydrolysis) is 1. The Bertz CT molecular complexity index is 1150. The van der Waals surface area contributed by atoms with E-state index in [4.69, 9.17) is 4.74 Å². The average Bonchev–Trinajstić information content (AvgIpc) is 3.19. The number of carbonyl (C=O) groups is 1. The molecule has 1 aromatic heterocycles. The van der Waals surface area contributed by atoms with Gasteiger partial charge in [0.2, 0.25) is 10.0 Å². The van der Waals surface area contributed by atoms with E-state index in [1.807, 2.05) is 0 Å². The van der Waals surface area contributed by atoms with Gasteiger partial charge in [-0.25, -0.2) is 13.2 Å². The summed E-state index contributed by atoms with van der Waals surface area (Å²) in [6.07, 6.45) is 1.28. The number of amides is 1. The maximum absolute atomic E-state index is 13.2. The highest BCUT2D eigenvalue weighted by molar-refractivity contribution is 7.89. The molecule has 13 heteroatoms. The largest absolute Gasteiger partial charge is 0.449 e. The molecular formula is C18H22N4O8S. The van der Waals surface area contributed by atoms with Crippen molar-refractivity contribution in [2.24, 2.45) is 0 Å². The van der Waals surface area contributed by atoms with Gasteiger partial charge >= 0.3 is 6.09 Å². The van der Waals surface area contributed by atoms with Crippen molar-refractivity contribution in [3.8, 4) is 0 Å². The normalized spacial score (nSPS) is 16.9. The molecule has 2 aromatic rings. The van der Waals surface area contributed by atoms with Crippen molar-refractivity contribution in [1.82, 2.24) is 14.6 Å². The molecule has 0 bridgehead atoms. The lowest BCUT2D eigenvalue weighted by Gasteiger charge is -2.19. The first-order chi connectivity index (χ1) is 14.7. The van der Waals surface area contributed by atoms with Gasteiger partial charge in [0.25, 0.3) is 10.6 Å². The van der Waals surface area contributed by atoms with Gasteiger partial charge in [0.1, 0.15) is 0 Å². The first-order valence-electron chi connectivity index (χ1n) is 9.52. The average molecular weight is 454 g/mol. The van der Waals surface area contributed by atoms with Crippen LogP contribution in [0.1, 0.15) is 18.4 Å². The summed E-state index contributed by atoms with van der Waals surface area (Å²) in [6.45, 7) is 1.71. The Hall–Kier alpha value is -3.19. The fourth-order valence-electron chi connectivity index (χ4n) is 3.44. The zero-order valence-electron chi connectivity index (χ0n) is 16.7. The second kappa shape index (κ2) is 9.31. The monoisotopic (exact) mass is 454 g/mol. The molecular weight excluding hydrogens is 432 g/mol. The molecule has 1 fully saturated rings. The van der Waals surface area contributed by atoms with Crippen LogP contribution >= 0.6 is 0 Å². The predicted molar refractivity (Wildman–Crippen MR) is 109 cm³/mol. The summed E-state index contributed by atoms with van der Waals surface area (Å²) in [5.74, 6) is 0. The Morgan fingerprint density at radius 1 is 1.39 bits per heavy atom. The van der Waals surface area contributed by atoms with Gasteiger partial charge < -0.3 is 19.9 Å². The van der Waals surface area contributed by atoms with Crippen molar-refractivity contribution in [3.63, 3.8) is 0 Å². The first-order valence-corrected chi connectivity index (χ1v) is 11.0. The minimum Gasteiger partial charge on any atom is -0.449 e. The molecule has 168 valence electrons. The number of fused-ring (bicyclic) bond motifs is 1. The van der Waals surface area contributed by atoms with Gasteiger partial charge in [-0.1, -0.05) is 6.07 Å². The lowest BCUT2D eigenvalue weighted by atomic mass is 10.1. The molecule has 1 saturated heterocycles. The Morgan fingerprint density at radius 3 is 2.90 bits per heavy atom. The van der Waals surface area contributed by atoms with E-state index in [1.54, 1.807) is 13.0 Å². The van der Waals surface area contributed by atoms with Crippen LogP contribution in [0.3, 0.4) is 0 Å². The number of aromatic amines is 1. The van der Waals surface area contributed by atoms with E-state index in [0.29, 0.717) is 22.8 Å². The van der Waals surface area contributed by atoms with Crippen LogP contribution in [-0.2, 0) is 19.6 Å². The molecule has 31 heavy (non-hydrogen) atoms. The number of aryl methyl sites for hydroxylation is 1. The van der Waals surface area contributed by atoms with Gasteiger partial charge in [-0.2, -0.15) is 4.31 Å². The van der Waals surface area contributed by atoms with Crippen molar-refractivity contribution in [2.75, 3.05) is 26.3 Å². The van der Waals surface area contributed by atoms with E-state index in [0.717, 1.165) is 0 Å². The Kier molecular flexibility index (Phi) is 6.75. The molecule has 0 radical (unpaired) electrons. The number of sulfonamides is 1. The SMILES string of the molecule is Cc1c[nH]c(=O)c2cccc(S(=O)(=O)N3CC[C@H](NC(=O)OCCCO[N+](=O)[O-])C3)c12. The van der Waals surface area contributed by atoms with Crippen LogP contribution in [0.2, 0.25) is 0 Å². The highest BCUT2D eigenvalue weighted by Gasteiger charge is 2.34. The van der Waals surface area contributed by atoms with E-state index in [-0.39, 0.29) is 43.2 Å². The van der Waals surface area contributed by atoms with Crippen molar-refractivity contribution in [2.45, 2.75) is 30.7 Å². The molecule has 1 aromatic carbocycles. The van der Waals surface area contributed by atoms with Crippen molar-refractivity contribution in [3.05, 3.63) is 50.4 Å². The van der Waals surface area contributed by atoms with Gasteiger partial charge in [0.05, 0.1) is 18.1 Å². The number of H-pyrrole nitrogens is 1.